The summed E-state index contributed by atoms with van der Waals surface area (Å²) in [4.78, 5) is 0. The first-order valence-corrected chi connectivity index (χ1v) is 10.8. The van der Waals surface area contributed by atoms with Crippen molar-refractivity contribution in [2.75, 3.05) is 0 Å². The van der Waals surface area contributed by atoms with Gasteiger partial charge in [0.15, 0.2) is 0 Å². The van der Waals surface area contributed by atoms with Crippen molar-refractivity contribution in [3.05, 3.63) is 71.3 Å². The average Bonchev–Trinajstić information content (AvgIpc) is 2.98. The van der Waals surface area contributed by atoms with Gasteiger partial charge in [-0.3, -0.25) is 0 Å². The van der Waals surface area contributed by atoms with Crippen LogP contribution in [0, 0.1) is 17.3 Å². The van der Waals surface area contributed by atoms with Crippen LogP contribution in [-0.2, 0) is 6.42 Å². The van der Waals surface area contributed by atoms with Gasteiger partial charge in [0.1, 0.15) is 5.75 Å². The Balaban J connectivity index is 1.44. The third-order valence-electron chi connectivity index (χ3n) is 8.28. The summed E-state index contributed by atoms with van der Waals surface area (Å²) in [6.45, 7) is 2.34. The van der Waals surface area contributed by atoms with E-state index in [-0.39, 0.29) is 5.41 Å². The van der Waals surface area contributed by atoms with Crippen LogP contribution in [0.2, 0.25) is 0 Å². The van der Waals surface area contributed by atoms with Gasteiger partial charge in [-0.1, -0.05) is 55.5 Å². The number of fused-ring (bicyclic) bond motifs is 5. The Bertz CT molecular complexity index is 902. The van der Waals surface area contributed by atoms with Crippen LogP contribution in [0.15, 0.2) is 54.6 Å². The van der Waals surface area contributed by atoms with Crippen LogP contribution in [0.25, 0.3) is 6.08 Å². The third kappa shape index (κ3) is 2.65. The van der Waals surface area contributed by atoms with Crippen LogP contribution in [0.4, 0.5) is 0 Å². The average molecular weight is 375 g/mol. The number of aromatic hydroxyl groups is 1. The van der Waals surface area contributed by atoms with E-state index in [1.54, 1.807) is 0 Å². The van der Waals surface area contributed by atoms with Gasteiger partial charge in [0, 0.05) is 5.41 Å². The number of aliphatic hydroxyl groups is 1. The summed E-state index contributed by atoms with van der Waals surface area (Å²) in [5, 5.41) is 21.6. The molecule has 3 aliphatic rings. The molecule has 2 nitrogen and oxygen atoms in total. The summed E-state index contributed by atoms with van der Waals surface area (Å²) >= 11 is 0. The Kier molecular flexibility index (Phi) is 4.17. The molecule has 5 rings (SSSR count). The summed E-state index contributed by atoms with van der Waals surface area (Å²) in [5.41, 5.74) is 3.18. The molecule has 0 aliphatic heterocycles. The van der Waals surface area contributed by atoms with Crippen LogP contribution in [-0.4, -0.2) is 15.8 Å². The fourth-order valence-corrected chi connectivity index (χ4v) is 6.69. The maximum atomic E-state index is 11.7. The van der Waals surface area contributed by atoms with E-state index in [0.717, 1.165) is 37.7 Å². The maximum absolute atomic E-state index is 11.7. The predicted molar refractivity (Wildman–Crippen MR) is 113 cm³/mol. The second kappa shape index (κ2) is 6.49. The molecule has 0 aromatic heterocycles. The van der Waals surface area contributed by atoms with Crippen molar-refractivity contribution >= 4 is 6.08 Å². The third-order valence-corrected chi connectivity index (χ3v) is 8.28. The molecule has 2 heteroatoms. The minimum absolute atomic E-state index is 0.0477. The lowest BCUT2D eigenvalue weighted by atomic mass is 9.53. The van der Waals surface area contributed by atoms with E-state index in [1.807, 2.05) is 30.3 Å². The zero-order valence-corrected chi connectivity index (χ0v) is 16.6. The predicted octanol–water partition coefficient (Wildman–Crippen LogP) is 5.69. The first-order chi connectivity index (χ1) is 13.5. The van der Waals surface area contributed by atoms with Crippen LogP contribution >= 0.6 is 0 Å². The zero-order chi connectivity index (χ0) is 19.4. The van der Waals surface area contributed by atoms with E-state index in [9.17, 15) is 10.2 Å². The molecule has 0 saturated heterocycles. The molecule has 2 aromatic carbocycles. The van der Waals surface area contributed by atoms with Crippen molar-refractivity contribution in [1.29, 1.82) is 0 Å². The van der Waals surface area contributed by atoms with Gasteiger partial charge in [0.2, 0.25) is 0 Å². The summed E-state index contributed by atoms with van der Waals surface area (Å²) in [6.07, 6.45) is 10.6. The first kappa shape index (κ1) is 18.0. The Morgan fingerprint density at radius 3 is 2.64 bits per heavy atom. The first-order valence-electron chi connectivity index (χ1n) is 10.8. The van der Waals surface area contributed by atoms with E-state index < -0.39 is 5.60 Å². The van der Waals surface area contributed by atoms with Crippen molar-refractivity contribution in [3.8, 4) is 5.75 Å². The van der Waals surface area contributed by atoms with Crippen LogP contribution in [0.5, 0.6) is 5.75 Å². The highest BCUT2D eigenvalue weighted by Crippen LogP contribution is 2.64. The lowest BCUT2D eigenvalue weighted by molar-refractivity contribution is -0.0705. The van der Waals surface area contributed by atoms with Gasteiger partial charge in [-0.15, -0.1) is 0 Å². The number of rotatable bonds is 2. The number of phenols is 1. The molecule has 3 aliphatic carbocycles. The molecule has 0 heterocycles. The van der Waals surface area contributed by atoms with E-state index >= 15 is 0 Å². The Hall–Kier alpha value is -2.06. The van der Waals surface area contributed by atoms with Gasteiger partial charge in [0.05, 0.1) is 5.60 Å². The highest BCUT2D eigenvalue weighted by atomic mass is 16.3. The smallest absolute Gasteiger partial charge is 0.115 e. The maximum Gasteiger partial charge on any atom is 0.115 e. The van der Waals surface area contributed by atoms with Crippen molar-refractivity contribution < 1.29 is 10.2 Å². The highest BCUT2D eigenvalue weighted by molar-refractivity contribution is 5.51. The normalized spacial score (nSPS) is 36.7. The van der Waals surface area contributed by atoms with E-state index in [2.05, 4.69) is 37.3 Å². The number of hydrogen-bond donors (Lipinski definition) is 2. The number of phenolic OH excluding ortho intramolecular Hbond substituents is 1. The monoisotopic (exact) mass is 374 g/mol. The summed E-state index contributed by atoms with van der Waals surface area (Å²) in [5.74, 6) is 2.19. The molecule has 0 spiro atoms. The molecule has 2 fully saturated rings. The molecular weight excluding hydrogens is 344 g/mol. The largest absolute Gasteiger partial charge is 0.508 e. The SMILES string of the molecule is CC12CCC3c4ccc(O)cc4CCC3C1CC[C@@]2(O)/C=C/c1ccccc1. The lowest BCUT2D eigenvalue weighted by Crippen LogP contribution is -2.49. The molecule has 2 saturated carbocycles. The molecule has 0 radical (unpaired) electrons. The second-order valence-electron chi connectivity index (χ2n) is 9.46. The van der Waals surface area contributed by atoms with E-state index in [4.69, 9.17) is 0 Å². The molecule has 5 atom stereocenters. The van der Waals surface area contributed by atoms with Gasteiger partial charge in [-0.2, -0.15) is 0 Å². The molecule has 0 amide bonds. The van der Waals surface area contributed by atoms with Gasteiger partial charge >= 0.3 is 0 Å². The second-order valence-corrected chi connectivity index (χ2v) is 9.46. The fourth-order valence-electron chi connectivity index (χ4n) is 6.69. The molecular formula is C26H30O2. The fraction of sp³-hybridized carbons (Fsp3) is 0.462. The van der Waals surface area contributed by atoms with E-state index in [1.165, 1.54) is 17.5 Å². The summed E-state index contributed by atoms with van der Waals surface area (Å²) in [6, 6.07) is 16.3. The van der Waals surface area contributed by atoms with Crippen molar-refractivity contribution in [3.63, 3.8) is 0 Å². The van der Waals surface area contributed by atoms with Crippen molar-refractivity contribution in [2.24, 2.45) is 17.3 Å². The van der Waals surface area contributed by atoms with Gasteiger partial charge < -0.3 is 10.2 Å². The van der Waals surface area contributed by atoms with Crippen LogP contribution < -0.4 is 0 Å². The molecule has 2 aromatic rings. The van der Waals surface area contributed by atoms with Crippen molar-refractivity contribution in [2.45, 2.75) is 57.0 Å². The minimum atomic E-state index is -0.715. The molecule has 0 bridgehead atoms. The van der Waals surface area contributed by atoms with E-state index in [0.29, 0.717) is 23.5 Å². The topological polar surface area (TPSA) is 40.5 Å². The van der Waals surface area contributed by atoms with Crippen LogP contribution in [0.1, 0.15) is 61.6 Å². The van der Waals surface area contributed by atoms with Gasteiger partial charge in [-0.05, 0) is 85.1 Å². The molecule has 28 heavy (non-hydrogen) atoms. The van der Waals surface area contributed by atoms with Crippen molar-refractivity contribution in [1.82, 2.24) is 0 Å². The minimum Gasteiger partial charge on any atom is -0.508 e. The standard InChI is InChI=1S/C26H30O2/c1-25-14-12-22-21-10-8-20(27)17-19(21)7-9-23(22)24(25)13-16-26(25,28)15-11-18-5-3-2-4-6-18/h2-6,8,10-11,15,17,22-24,27-28H,7,9,12-14,16H2,1H3/b15-11+/t22?,23?,24?,25?,26-/m0/s1. The number of benzene rings is 2. The number of aryl methyl sites for hydroxylation is 1. The number of hydrogen-bond acceptors (Lipinski definition) is 2. The van der Waals surface area contributed by atoms with Gasteiger partial charge in [0.25, 0.3) is 0 Å². The highest BCUT2D eigenvalue weighted by Gasteiger charge is 2.60. The molecule has 2 N–H and O–H groups in total. The quantitative estimate of drug-likeness (QED) is 0.708. The van der Waals surface area contributed by atoms with Crippen LogP contribution in [0.3, 0.4) is 0 Å². The lowest BCUT2D eigenvalue weighted by Gasteiger charge is -2.52. The molecule has 4 unspecified atom stereocenters. The molecule has 146 valence electrons. The Morgan fingerprint density at radius 1 is 1.00 bits per heavy atom. The Morgan fingerprint density at radius 2 is 1.82 bits per heavy atom. The summed E-state index contributed by atoms with van der Waals surface area (Å²) < 4.78 is 0. The zero-order valence-electron chi connectivity index (χ0n) is 16.6. The van der Waals surface area contributed by atoms with Gasteiger partial charge in [-0.25, -0.2) is 0 Å². The Labute approximate surface area is 167 Å². The summed E-state index contributed by atoms with van der Waals surface area (Å²) in [7, 11) is 0.